The summed E-state index contributed by atoms with van der Waals surface area (Å²) >= 11 is 0. The number of aliphatic hydroxyl groups excluding tert-OH is 1. The minimum absolute atomic E-state index is 0.369. The van der Waals surface area contributed by atoms with Crippen LogP contribution in [0, 0.1) is 0 Å². The lowest BCUT2D eigenvalue weighted by Crippen LogP contribution is -2.49. The molecule has 152 valence electrons. The second kappa shape index (κ2) is 9.76. The molecule has 0 amide bonds. The van der Waals surface area contributed by atoms with E-state index in [4.69, 9.17) is 4.74 Å². The highest BCUT2D eigenvalue weighted by molar-refractivity contribution is 5.83. The lowest BCUT2D eigenvalue weighted by Gasteiger charge is -2.42. The highest BCUT2D eigenvalue weighted by atomic mass is 16.5. The number of hydrogen-bond acceptors (Lipinski definition) is 3. The third-order valence-corrected chi connectivity index (χ3v) is 6.67. The van der Waals surface area contributed by atoms with Crippen molar-refractivity contribution in [3.05, 3.63) is 42.5 Å². The van der Waals surface area contributed by atoms with Crippen LogP contribution in [0.1, 0.15) is 64.2 Å². The van der Waals surface area contributed by atoms with Crippen LogP contribution in [0.15, 0.2) is 42.5 Å². The van der Waals surface area contributed by atoms with Crippen molar-refractivity contribution < 1.29 is 9.84 Å². The summed E-state index contributed by atoms with van der Waals surface area (Å²) in [7, 11) is 0. The highest BCUT2D eigenvalue weighted by Crippen LogP contribution is 2.30. The van der Waals surface area contributed by atoms with E-state index in [2.05, 4.69) is 35.2 Å². The molecule has 0 aliphatic heterocycles. The molecule has 2 aromatic rings. The standard InChI is InChI=1S/C25H35NO2/c27-24(19-28-25-16-15-20-9-7-8-10-21(20)17-25)18-26(22-11-3-1-4-12-22)23-13-5-2-6-14-23/h7-10,15-17,22-24,27H,1-6,11-14,18-19H2. The van der Waals surface area contributed by atoms with Crippen molar-refractivity contribution in [3.63, 3.8) is 0 Å². The molecule has 3 heteroatoms. The molecule has 28 heavy (non-hydrogen) atoms. The molecule has 1 N–H and O–H groups in total. The number of nitrogens with zero attached hydrogens (tertiary/aromatic N) is 1. The van der Waals surface area contributed by atoms with E-state index in [9.17, 15) is 5.11 Å². The van der Waals surface area contributed by atoms with E-state index in [0.29, 0.717) is 18.7 Å². The minimum atomic E-state index is -0.435. The molecular weight excluding hydrogens is 346 g/mol. The molecule has 2 saturated carbocycles. The van der Waals surface area contributed by atoms with Gasteiger partial charge in [0.2, 0.25) is 0 Å². The summed E-state index contributed by atoms with van der Waals surface area (Å²) in [6, 6.07) is 15.8. The predicted octanol–water partition coefficient (Wildman–Crippen LogP) is 5.55. The van der Waals surface area contributed by atoms with Crippen LogP contribution in [-0.2, 0) is 0 Å². The molecule has 1 atom stereocenters. The summed E-state index contributed by atoms with van der Waals surface area (Å²) in [4.78, 5) is 2.66. The summed E-state index contributed by atoms with van der Waals surface area (Å²) in [6.45, 7) is 1.12. The second-order valence-corrected chi connectivity index (χ2v) is 8.75. The second-order valence-electron chi connectivity index (χ2n) is 8.75. The Morgan fingerprint density at radius 3 is 2.07 bits per heavy atom. The molecule has 1 unspecified atom stereocenters. The normalized spacial score (nSPS) is 20.5. The van der Waals surface area contributed by atoms with Crippen molar-refractivity contribution in [2.75, 3.05) is 13.2 Å². The first-order chi connectivity index (χ1) is 13.8. The van der Waals surface area contributed by atoms with Gasteiger partial charge in [0.15, 0.2) is 0 Å². The Hall–Kier alpha value is -1.58. The van der Waals surface area contributed by atoms with E-state index in [1.54, 1.807) is 0 Å². The molecule has 0 spiro atoms. The molecule has 2 aliphatic carbocycles. The zero-order valence-electron chi connectivity index (χ0n) is 17.1. The Balaban J connectivity index is 1.36. The summed E-state index contributed by atoms with van der Waals surface area (Å²) in [5.74, 6) is 0.847. The molecule has 3 nitrogen and oxygen atoms in total. The van der Waals surface area contributed by atoms with E-state index in [0.717, 1.165) is 12.3 Å². The summed E-state index contributed by atoms with van der Waals surface area (Å²) in [5.41, 5.74) is 0. The van der Waals surface area contributed by atoms with Crippen LogP contribution in [0.2, 0.25) is 0 Å². The number of ether oxygens (including phenoxy) is 1. The van der Waals surface area contributed by atoms with Crippen molar-refractivity contribution in [2.24, 2.45) is 0 Å². The largest absolute Gasteiger partial charge is 0.491 e. The summed E-state index contributed by atoms with van der Waals surface area (Å²) in [5, 5.41) is 13.2. The summed E-state index contributed by atoms with van der Waals surface area (Å²) < 4.78 is 5.97. The van der Waals surface area contributed by atoms with Gasteiger partial charge >= 0.3 is 0 Å². The van der Waals surface area contributed by atoms with Gasteiger partial charge in [0, 0.05) is 18.6 Å². The topological polar surface area (TPSA) is 32.7 Å². The third-order valence-electron chi connectivity index (χ3n) is 6.67. The highest BCUT2D eigenvalue weighted by Gasteiger charge is 2.30. The van der Waals surface area contributed by atoms with Gasteiger partial charge in [-0.1, -0.05) is 68.9 Å². The zero-order valence-corrected chi connectivity index (χ0v) is 17.1. The molecule has 4 rings (SSSR count). The number of rotatable bonds is 7. The van der Waals surface area contributed by atoms with Gasteiger partial charge in [-0.15, -0.1) is 0 Å². The first-order valence-electron chi connectivity index (χ1n) is 11.3. The number of aliphatic hydroxyl groups is 1. The average Bonchev–Trinajstić information content (AvgIpc) is 2.77. The smallest absolute Gasteiger partial charge is 0.120 e. The van der Waals surface area contributed by atoms with Crippen LogP contribution in [0.25, 0.3) is 10.8 Å². The van der Waals surface area contributed by atoms with Crippen LogP contribution in [0.3, 0.4) is 0 Å². The predicted molar refractivity (Wildman–Crippen MR) is 116 cm³/mol. The van der Waals surface area contributed by atoms with E-state index < -0.39 is 6.10 Å². The fraction of sp³-hybridized carbons (Fsp3) is 0.600. The van der Waals surface area contributed by atoms with Gasteiger partial charge in [0.1, 0.15) is 18.5 Å². The van der Waals surface area contributed by atoms with Gasteiger partial charge in [0.25, 0.3) is 0 Å². The maximum atomic E-state index is 10.8. The Kier molecular flexibility index (Phi) is 6.87. The van der Waals surface area contributed by atoms with Crippen molar-refractivity contribution in [2.45, 2.75) is 82.4 Å². The van der Waals surface area contributed by atoms with E-state index in [1.165, 1.54) is 75.0 Å². The molecule has 2 aliphatic rings. The quantitative estimate of drug-likeness (QED) is 0.683. The fourth-order valence-corrected chi connectivity index (χ4v) is 5.17. The van der Waals surface area contributed by atoms with E-state index >= 15 is 0 Å². The Morgan fingerprint density at radius 1 is 0.821 bits per heavy atom. The van der Waals surface area contributed by atoms with Gasteiger partial charge < -0.3 is 9.84 Å². The maximum Gasteiger partial charge on any atom is 0.120 e. The Bertz CT molecular complexity index is 716. The molecule has 0 aromatic heterocycles. The maximum absolute atomic E-state index is 10.8. The van der Waals surface area contributed by atoms with Gasteiger partial charge in [-0.3, -0.25) is 4.90 Å². The fourth-order valence-electron chi connectivity index (χ4n) is 5.17. The van der Waals surface area contributed by atoms with Crippen molar-refractivity contribution in [1.82, 2.24) is 4.90 Å². The van der Waals surface area contributed by atoms with Crippen molar-refractivity contribution in [3.8, 4) is 5.75 Å². The molecule has 0 bridgehead atoms. The monoisotopic (exact) mass is 381 g/mol. The number of hydrogen-bond donors (Lipinski definition) is 1. The first kappa shape index (κ1) is 19.7. The molecular formula is C25H35NO2. The Morgan fingerprint density at radius 2 is 1.43 bits per heavy atom. The zero-order chi connectivity index (χ0) is 19.2. The molecule has 0 heterocycles. The van der Waals surface area contributed by atoms with Crippen molar-refractivity contribution in [1.29, 1.82) is 0 Å². The average molecular weight is 382 g/mol. The molecule has 0 saturated heterocycles. The van der Waals surface area contributed by atoms with Crippen LogP contribution >= 0.6 is 0 Å². The molecule has 2 fully saturated rings. The van der Waals surface area contributed by atoms with Crippen LogP contribution < -0.4 is 4.74 Å². The van der Waals surface area contributed by atoms with Gasteiger partial charge in [-0.25, -0.2) is 0 Å². The van der Waals surface area contributed by atoms with Gasteiger partial charge in [-0.2, -0.15) is 0 Å². The molecule has 2 aromatic carbocycles. The van der Waals surface area contributed by atoms with Crippen LogP contribution in [-0.4, -0.2) is 41.3 Å². The number of fused-ring (bicyclic) bond motifs is 1. The lowest BCUT2D eigenvalue weighted by atomic mass is 9.88. The van der Waals surface area contributed by atoms with E-state index in [1.807, 2.05) is 12.1 Å². The SMILES string of the molecule is OC(COc1ccc2ccccc2c1)CN(C1CCCCC1)C1CCCCC1. The van der Waals surface area contributed by atoms with Crippen molar-refractivity contribution >= 4 is 10.8 Å². The molecule has 0 radical (unpaired) electrons. The van der Waals surface area contributed by atoms with Crippen LogP contribution in [0.4, 0.5) is 0 Å². The van der Waals surface area contributed by atoms with Gasteiger partial charge in [0.05, 0.1) is 0 Å². The van der Waals surface area contributed by atoms with Crippen LogP contribution in [0.5, 0.6) is 5.75 Å². The van der Waals surface area contributed by atoms with E-state index in [-0.39, 0.29) is 0 Å². The third kappa shape index (κ3) is 5.07. The minimum Gasteiger partial charge on any atom is -0.491 e. The number of benzene rings is 2. The Labute approximate surface area is 169 Å². The van der Waals surface area contributed by atoms with Gasteiger partial charge in [-0.05, 0) is 48.6 Å². The lowest BCUT2D eigenvalue weighted by molar-refractivity contribution is 0.0118. The summed E-state index contributed by atoms with van der Waals surface area (Å²) in [6.07, 6.45) is 12.9. The first-order valence-corrected chi connectivity index (χ1v) is 11.3.